The Morgan fingerprint density at radius 1 is 1.43 bits per heavy atom. The number of alkyl halides is 3. The maximum absolute atomic E-state index is 12.3. The van der Waals surface area contributed by atoms with E-state index in [-0.39, 0.29) is 11.6 Å². The summed E-state index contributed by atoms with van der Waals surface area (Å²) in [6.07, 6.45) is -1.64. The number of nitrogens with one attached hydrogen (secondary N) is 1. The molecule has 10 heteroatoms. The highest BCUT2D eigenvalue weighted by Gasteiger charge is 2.32. The molecule has 0 amide bonds. The molecule has 1 aromatic heterocycles. The molecule has 128 valence electrons. The van der Waals surface area contributed by atoms with Gasteiger partial charge in [0.25, 0.3) is 5.69 Å². The summed E-state index contributed by atoms with van der Waals surface area (Å²) in [6, 6.07) is 1.36. The maximum Gasteiger partial charge on any atom is 0.401 e. The van der Waals surface area contributed by atoms with Gasteiger partial charge in [-0.15, -0.1) is 0 Å². The van der Waals surface area contributed by atoms with E-state index in [9.17, 15) is 23.3 Å². The third-order valence-electron chi connectivity index (χ3n) is 3.71. The molecular weight excluding hydrogens is 381 g/mol. The predicted octanol–water partition coefficient (Wildman–Crippen LogP) is 3.44. The van der Waals surface area contributed by atoms with E-state index in [0.29, 0.717) is 42.8 Å². The molecule has 1 fully saturated rings. The topological polar surface area (TPSA) is 71.3 Å². The van der Waals surface area contributed by atoms with Crippen molar-refractivity contribution in [2.75, 3.05) is 31.5 Å². The third-order valence-corrected chi connectivity index (χ3v) is 4.31. The van der Waals surface area contributed by atoms with Gasteiger partial charge in [-0.3, -0.25) is 15.0 Å². The molecule has 0 unspecified atom stereocenters. The molecule has 2 heterocycles. The number of nitro groups is 1. The molecule has 0 bridgehead atoms. The highest BCUT2D eigenvalue weighted by molar-refractivity contribution is 9.10. The molecule has 0 aliphatic carbocycles. The van der Waals surface area contributed by atoms with Crippen LogP contribution in [0.25, 0.3) is 0 Å². The summed E-state index contributed by atoms with van der Waals surface area (Å²) in [7, 11) is 0. The molecule has 0 spiro atoms. The summed E-state index contributed by atoms with van der Waals surface area (Å²) in [5, 5.41) is 13.7. The van der Waals surface area contributed by atoms with Crippen molar-refractivity contribution in [3.63, 3.8) is 0 Å². The van der Waals surface area contributed by atoms with Crippen LogP contribution >= 0.6 is 15.9 Å². The summed E-state index contributed by atoms with van der Waals surface area (Å²) in [4.78, 5) is 15.5. The van der Waals surface area contributed by atoms with Crippen LogP contribution < -0.4 is 5.32 Å². The fraction of sp³-hybridized carbons (Fsp3) is 0.615. The largest absolute Gasteiger partial charge is 0.401 e. The minimum atomic E-state index is -4.15. The zero-order valence-corrected chi connectivity index (χ0v) is 13.7. The molecule has 0 saturated carbocycles. The van der Waals surface area contributed by atoms with Crippen molar-refractivity contribution in [3.05, 3.63) is 26.9 Å². The number of nitrogens with zero attached hydrogens (tertiary/aromatic N) is 3. The van der Waals surface area contributed by atoms with Gasteiger partial charge in [-0.1, -0.05) is 0 Å². The number of hydrogen-bond donors (Lipinski definition) is 1. The maximum atomic E-state index is 12.3. The summed E-state index contributed by atoms with van der Waals surface area (Å²) in [5.74, 6) is 0.747. The normalized spacial score (nSPS) is 17.2. The van der Waals surface area contributed by atoms with Gasteiger partial charge in [0.05, 0.1) is 15.9 Å². The second-order valence-corrected chi connectivity index (χ2v) is 6.35. The van der Waals surface area contributed by atoms with E-state index in [1.807, 2.05) is 0 Å². The van der Waals surface area contributed by atoms with Crippen LogP contribution in [0, 0.1) is 16.0 Å². The lowest BCUT2D eigenvalue weighted by atomic mass is 9.97. The summed E-state index contributed by atoms with van der Waals surface area (Å²) >= 11 is 3.22. The number of rotatable bonds is 5. The predicted molar refractivity (Wildman–Crippen MR) is 82.3 cm³/mol. The van der Waals surface area contributed by atoms with Gasteiger partial charge in [0.2, 0.25) is 0 Å². The van der Waals surface area contributed by atoms with Crippen molar-refractivity contribution in [2.45, 2.75) is 19.0 Å². The van der Waals surface area contributed by atoms with Crippen LogP contribution in [0.1, 0.15) is 12.8 Å². The summed E-state index contributed by atoms with van der Waals surface area (Å²) < 4.78 is 37.5. The van der Waals surface area contributed by atoms with Crippen LogP contribution in [0.2, 0.25) is 0 Å². The number of anilines is 1. The Labute approximate surface area is 139 Å². The number of pyridine rings is 1. The first-order chi connectivity index (χ1) is 10.7. The van der Waals surface area contributed by atoms with Gasteiger partial charge in [-0.05, 0) is 47.8 Å². The number of halogens is 4. The minimum absolute atomic E-state index is 0.108. The molecule has 1 N–H and O–H groups in total. The Hall–Kier alpha value is -1.42. The highest BCUT2D eigenvalue weighted by atomic mass is 79.9. The van der Waals surface area contributed by atoms with E-state index in [1.165, 1.54) is 17.2 Å². The van der Waals surface area contributed by atoms with E-state index in [1.54, 1.807) is 0 Å². The molecule has 6 nitrogen and oxygen atoms in total. The first kappa shape index (κ1) is 17.9. The second kappa shape index (κ2) is 7.43. The van der Waals surface area contributed by atoms with E-state index in [2.05, 4.69) is 26.2 Å². The Balaban J connectivity index is 1.80. The standard InChI is InChI=1S/C13H16BrF3N4O2/c14-11-5-10(21(22)23)7-19-12(11)18-6-9-1-3-20(4-2-9)8-13(15,16)17/h5,7,9H,1-4,6,8H2,(H,18,19). The number of hydrogen-bond acceptors (Lipinski definition) is 5. The van der Waals surface area contributed by atoms with Gasteiger partial charge >= 0.3 is 6.18 Å². The SMILES string of the molecule is O=[N+]([O-])c1cnc(NCC2CCN(CC(F)(F)F)CC2)c(Br)c1. The molecule has 0 radical (unpaired) electrons. The van der Waals surface area contributed by atoms with Crippen molar-refractivity contribution < 1.29 is 18.1 Å². The molecule has 23 heavy (non-hydrogen) atoms. The van der Waals surface area contributed by atoms with Crippen molar-refractivity contribution in [1.82, 2.24) is 9.88 Å². The summed E-state index contributed by atoms with van der Waals surface area (Å²) in [5.41, 5.74) is -0.108. The average Bonchev–Trinajstić information content (AvgIpc) is 2.45. The van der Waals surface area contributed by atoms with Crippen molar-refractivity contribution in [3.8, 4) is 0 Å². The van der Waals surface area contributed by atoms with Gasteiger partial charge in [-0.2, -0.15) is 13.2 Å². The molecule has 1 saturated heterocycles. The zero-order chi connectivity index (χ0) is 17.0. The van der Waals surface area contributed by atoms with E-state index in [0.717, 1.165) is 0 Å². The van der Waals surface area contributed by atoms with Crippen molar-refractivity contribution in [2.24, 2.45) is 5.92 Å². The van der Waals surface area contributed by atoms with Crippen molar-refractivity contribution in [1.29, 1.82) is 0 Å². The van der Waals surface area contributed by atoms with E-state index in [4.69, 9.17) is 0 Å². The van der Waals surface area contributed by atoms with Gasteiger partial charge in [0.1, 0.15) is 12.0 Å². The quantitative estimate of drug-likeness (QED) is 0.609. The van der Waals surface area contributed by atoms with Crippen LogP contribution in [-0.4, -0.2) is 47.2 Å². The summed E-state index contributed by atoms with van der Waals surface area (Å²) in [6.45, 7) is 0.549. The Morgan fingerprint density at radius 3 is 2.61 bits per heavy atom. The molecule has 1 aromatic rings. The first-order valence-corrected chi connectivity index (χ1v) is 7.87. The van der Waals surface area contributed by atoms with Crippen LogP contribution in [0.4, 0.5) is 24.7 Å². The van der Waals surface area contributed by atoms with Crippen LogP contribution in [0.5, 0.6) is 0 Å². The zero-order valence-electron chi connectivity index (χ0n) is 12.1. The molecule has 1 aliphatic heterocycles. The van der Waals surface area contributed by atoms with E-state index >= 15 is 0 Å². The van der Waals surface area contributed by atoms with Gasteiger partial charge in [0.15, 0.2) is 0 Å². The molecule has 0 aromatic carbocycles. The lowest BCUT2D eigenvalue weighted by Crippen LogP contribution is -2.41. The van der Waals surface area contributed by atoms with E-state index < -0.39 is 17.6 Å². The van der Waals surface area contributed by atoms with Crippen LogP contribution in [0.3, 0.4) is 0 Å². The Kier molecular flexibility index (Phi) is 5.79. The molecule has 0 atom stereocenters. The van der Waals surface area contributed by atoms with Crippen LogP contribution in [-0.2, 0) is 0 Å². The number of likely N-dealkylation sites (tertiary alicyclic amines) is 1. The average molecular weight is 397 g/mol. The Bertz CT molecular complexity index is 563. The molecular formula is C13H16BrF3N4O2. The molecule has 1 aliphatic rings. The lowest BCUT2D eigenvalue weighted by Gasteiger charge is -2.32. The number of aromatic nitrogens is 1. The highest BCUT2D eigenvalue weighted by Crippen LogP contribution is 2.26. The number of piperidine rings is 1. The fourth-order valence-corrected chi connectivity index (χ4v) is 2.98. The second-order valence-electron chi connectivity index (χ2n) is 5.50. The van der Waals surface area contributed by atoms with Crippen molar-refractivity contribution >= 4 is 27.4 Å². The minimum Gasteiger partial charge on any atom is -0.369 e. The van der Waals surface area contributed by atoms with Gasteiger partial charge in [-0.25, -0.2) is 4.98 Å². The third kappa shape index (κ3) is 5.61. The fourth-order valence-electron chi connectivity index (χ4n) is 2.50. The lowest BCUT2D eigenvalue weighted by molar-refractivity contribution is -0.385. The van der Waals surface area contributed by atoms with Crippen LogP contribution in [0.15, 0.2) is 16.7 Å². The monoisotopic (exact) mass is 396 g/mol. The van der Waals surface area contributed by atoms with Gasteiger partial charge < -0.3 is 5.32 Å². The first-order valence-electron chi connectivity index (χ1n) is 7.07. The Morgan fingerprint density at radius 2 is 2.09 bits per heavy atom. The smallest absolute Gasteiger partial charge is 0.369 e. The van der Waals surface area contributed by atoms with Gasteiger partial charge in [0, 0.05) is 12.6 Å². The molecule has 2 rings (SSSR count).